The number of sulfone groups is 1. The van der Waals surface area contributed by atoms with E-state index in [0.717, 1.165) is 16.7 Å². The van der Waals surface area contributed by atoms with Crippen LogP contribution in [0.2, 0.25) is 0 Å². The molecule has 0 aliphatic carbocycles. The van der Waals surface area contributed by atoms with E-state index in [4.69, 9.17) is 11.5 Å². The summed E-state index contributed by atoms with van der Waals surface area (Å²) in [5.74, 6) is 3.90. The molecule has 0 spiro atoms. The van der Waals surface area contributed by atoms with Gasteiger partial charge in [-0.2, -0.15) is 0 Å². The highest BCUT2D eigenvalue weighted by atomic mass is 32.2. The summed E-state index contributed by atoms with van der Waals surface area (Å²) in [5.41, 5.74) is 14.8. The number of benzene rings is 2. The molecule has 0 saturated heterocycles. The summed E-state index contributed by atoms with van der Waals surface area (Å²) < 4.78 is 26.4. The van der Waals surface area contributed by atoms with Gasteiger partial charge in [-0.3, -0.25) is 0 Å². The fourth-order valence-electron chi connectivity index (χ4n) is 3.21. The summed E-state index contributed by atoms with van der Waals surface area (Å²) in [6.45, 7) is 0.474. The normalized spacial score (nSPS) is 14.0. The molecule has 8 nitrogen and oxygen atoms in total. The zero-order chi connectivity index (χ0) is 26.9. The third-order valence-corrected chi connectivity index (χ3v) is 9.54. The summed E-state index contributed by atoms with van der Waals surface area (Å²) >= 11 is 2.57. The molecule has 2 atom stereocenters. The second-order valence-corrected chi connectivity index (χ2v) is 12.6. The molecule has 0 amide bonds. The SMILES string of the molecule is NCc1ccc(C#Cc2ccc(C=CCS(=O)(=O)C(N)(CC(O)CSc3nccs3)C(=O)O)cc2)cc1. The van der Waals surface area contributed by atoms with Crippen molar-refractivity contribution in [2.75, 3.05) is 11.5 Å². The lowest BCUT2D eigenvalue weighted by molar-refractivity contribution is -0.140. The fourth-order valence-corrected chi connectivity index (χ4v) is 6.16. The predicted molar refractivity (Wildman–Crippen MR) is 148 cm³/mol. The maximum atomic E-state index is 12.9. The molecule has 1 heterocycles. The number of hydrogen-bond acceptors (Lipinski definition) is 9. The van der Waals surface area contributed by atoms with Gasteiger partial charge in [0.1, 0.15) is 4.34 Å². The Morgan fingerprint density at radius 2 is 1.76 bits per heavy atom. The van der Waals surface area contributed by atoms with Crippen LogP contribution in [-0.4, -0.2) is 52.1 Å². The number of carbonyl (C=O) groups is 1. The minimum Gasteiger partial charge on any atom is -0.479 e. The zero-order valence-corrected chi connectivity index (χ0v) is 22.2. The first-order valence-electron chi connectivity index (χ1n) is 11.2. The van der Waals surface area contributed by atoms with E-state index in [2.05, 4.69) is 16.8 Å². The van der Waals surface area contributed by atoms with E-state index in [-0.39, 0.29) is 5.75 Å². The minimum absolute atomic E-state index is 0.0688. The molecule has 11 heteroatoms. The standard InChI is InChI=1S/C26H27N3O5S3/c27-17-22-11-9-21(10-12-22)8-7-20-5-3-19(4-6-20)2-1-15-37(33,34)26(28,24(31)32)16-23(30)18-36-25-29-13-14-35-25/h1-6,9-14,23,30H,15-18,27-28H2,(H,31,32). The van der Waals surface area contributed by atoms with Crippen LogP contribution in [0, 0.1) is 11.8 Å². The Bertz CT molecular complexity index is 1380. The lowest BCUT2D eigenvalue weighted by Gasteiger charge is -2.26. The molecule has 37 heavy (non-hydrogen) atoms. The molecular formula is C26H27N3O5S3. The van der Waals surface area contributed by atoms with E-state index < -0.39 is 39.0 Å². The van der Waals surface area contributed by atoms with Crippen molar-refractivity contribution in [1.82, 2.24) is 4.98 Å². The van der Waals surface area contributed by atoms with Crippen LogP contribution in [0.5, 0.6) is 0 Å². The van der Waals surface area contributed by atoms with Gasteiger partial charge in [-0.1, -0.05) is 60.0 Å². The Morgan fingerprint density at radius 1 is 1.14 bits per heavy atom. The number of thioether (sulfide) groups is 1. The summed E-state index contributed by atoms with van der Waals surface area (Å²) in [6.07, 6.45) is 2.62. The first kappa shape index (κ1) is 28.6. The lowest BCUT2D eigenvalue weighted by atomic mass is 10.1. The van der Waals surface area contributed by atoms with Crippen LogP contribution < -0.4 is 11.5 Å². The highest BCUT2D eigenvalue weighted by Gasteiger charge is 2.48. The van der Waals surface area contributed by atoms with Crippen LogP contribution in [0.3, 0.4) is 0 Å². The van der Waals surface area contributed by atoms with Gasteiger partial charge >= 0.3 is 5.97 Å². The van der Waals surface area contributed by atoms with E-state index in [1.54, 1.807) is 41.9 Å². The highest BCUT2D eigenvalue weighted by Crippen LogP contribution is 2.26. The van der Waals surface area contributed by atoms with Crippen molar-refractivity contribution in [2.45, 2.75) is 28.3 Å². The number of nitrogens with zero attached hydrogens (tertiary/aromatic N) is 1. The van der Waals surface area contributed by atoms with Crippen LogP contribution in [0.25, 0.3) is 6.08 Å². The molecule has 3 rings (SSSR count). The molecule has 0 aliphatic rings. The van der Waals surface area contributed by atoms with Gasteiger partial charge in [0, 0.05) is 41.4 Å². The first-order chi connectivity index (χ1) is 17.6. The number of aliphatic carboxylic acids is 1. The largest absolute Gasteiger partial charge is 0.479 e. The van der Waals surface area contributed by atoms with Crippen LogP contribution in [-0.2, 0) is 21.2 Å². The summed E-state index contributed by atoms with van der Waals surface area (Å²) in [4.78, 5) is 13.3. The Hall–Kier alpha value is -2.98. The first-order valence-corrected chi connectivity index (χ1v) is 14.7. The van der Waals surface area contributed by atoms with Crippen LogP contribution in [0.1, 0.15) is 28.7 Å². The van der Waals surface area contributed by atoms with E-state index in [9.17, 15) is 23.4 Å². The lowest BCUT2D eigenvalue weighted by Crippen LogP contribution is -2.57. The molecule has 0 aliphatic heterocycles. The monoisotopic (exact) mass is 557 g/mol. The van der Waals surface area contributed by atoms with E-state index in [0.29, 0.717) is 16.4 Å². The number of thiazole rings is 1. The van der Waals surface area contributed by atoms with Gasteiger partial charge in [-0.15, -0.1) is 11.3 Å². The fraction of sp³-hybridized carbons (Fsp3) is 0.231. The Balaban J connectivity index is 1.61. The third kappa shape index (κ3) is 8.00. The summed E-state index contributed by atoms with van der Waals surface area (Å²) in [5, 5.41) is 21.6. The van der Waals surface area contributed by atoms with Crippen LogP contribution >= 0.6 is 23.1 Å². The number of hydrogen-bond donors (Lipinski definition) is 4. The van der Waals surface area contributed by atoms with Gasteiger partial charge in [0.15, 0.2) is 9.84 Å². The van der Waals surface area contributed by atoms with Crippen molar-refractivity contribution in [3.05, 3.63) is 88.4 Å². The zero-order valence-electron chi connectivity index (χ0n) is 19.8. The molecule has 0 bridgehead atoms. The third-order valence-electron chi connectivity index (χ3n) is 5.34. The maximum Gasteiger partial charge on any atom is 0.339 e. The smallest absolute Gasteiger partial charge is 0.339 e. The number of carboxylic acid groups (broad SMARTS) is 1. The highest BCUT2D eigenvalue weighted by molar-refractivity contribution is 8.01. The average Bonchev–Trinajstić information content (AvgIpc) is 3.41. The van der Waals surface area contributed by atoms with Crippen LogP contribution in [0.15, 0.2) is 70.5 Å². The van der Waals surface area contributed by atoms with Gasteiger partial charge in [0.05, 0.1) is 11.9 Å². The van der Waals surface area contributed by atoms with Gasteiger partial charge in [-0.05, 0) is 35.4 Å². The Labute approximate surface area is 224 Å². The van der Waals surface area contributed by atoms with Crippen molar-refractivity contribution in [2.24, 2.45) is 11.5 Å². The molecule has 6 N–H and O–H groups in total. The maximum absolute atomic E-state index is 12.9. The van der Waals surface area contributed by atoms with E-state index in [1.165, 1.54) is 29.2 Å². The van der Waals surface area contributed by atoms with Crippen molar-refractivity contribution in [1.29, 1.82) is 0 Å². The second kappa shape index (κ2) is 13.0. The van der Waals surface area contributed by atoms with Crippen molar-refractivity contribution < 1.29 is 23.4 Å². The second-order valence-electron chi connectivity index (χ2n) is 8.12. The van der Waals surface area contributed by atoms with E-state index in [1.807, 2.05) is 24.3 Å². The number of aliphatic hydroxyl groups is 1. The molecule has 194 valence electrons. The number of nitrogens with two attached hydrogens (primary N) is 2. The number of rotatable bonds is 11. The van der Waals surface area contributed by atoms with Crippen molar-refractivity contribution in [3.8, 4) is 11.8 Å². The number of aromatic nitrogens is 1. The van der Waals surface area contributed by atoms with Crippen LogP contribution in [0.4, 0.5) is 0 Å². The average molecular weight is 558 g/mol. The molecular weight excluding hydrogens is 531 g/mol. The van der Waals surface area contributed by atoms with E-state index >= 15 is 0 Å². The molecule has 2 unspecified atom stereocenters. The molecule has 3 aromatic rings. The molecule has 1 aromatic heterocycles. The molecule has 0 radical (unpaired) electrons. The van der Waals surface area contributed by atoms with Gasteiger partial charge in [-0.25, -0.2) is 18.2 Å². The Kier molecular flexibility index (Phi) is 10.0. The van der Waals surface area contributed by atoms with Gasteiger partial charge in [0.2, 0.25) is 4.87 Å². The van der Waals surface area contributed by atoms with Crippen molar-refractivity contribution in [3.63, 3.8) is 0 Å². The quantitative estimate of drug-likeness (QED) is 0.206. The molecule has 0 fully saturated rings. The van der Waals surface area contributed by atoms with Gasteiger partial charge in [0.25, 0.3) is 0 Å². The molecule has 2 aromatic carbocycles. The summed E-state index contributed by atoms with van der Waals surface area (Å²) in [6, 6.07) is 14.8. The predicted octanol–water partition coefficient (Wildman–Crippen LogP) is 2.71. The number of carboxylic acids is 1. The van der Waals surface area contributed by atoms with Gasteiger partial charge < -0.3 is 21.7 Å². The molecule has 0 saturated carbocycles. The topological polar surface area (TPSA) is 157 Å². The van der Waals surface area contributed by atoms with Crippen molar-refractivity contribution >= 4 is 45.0 Å². The number of aliphatic hydroxyl groups excluding tert-OH is 1. The summed E-state index contributed by atoms with van der Waals surface area (Å²) in [7, 11) is -4.33. The minimum atomic E-state index is -4.33. The Morgan fingerprint density at radius 3 is 2.30 bits per heavy atom.